The van der Waals surface area contributed by atoms with E-state index in [0.717, 1.165) is 15.8 Å². The van der Waals surface area contributed by atoms with E-state index in [2.05, 4.69) is 4.98 Å². The first-order valence-corrected chi connectivity index (χ1v) is 7.18. The number of hydrogen-bond acceptors (Lipinski definition) is 3. The van der Waals surface area contributed by atoms with Crippen LogP contribution in [0.3, 0.4) is 0 Å². The molecule has 3 heteroatoms. The maximum absolute atomic E-state index is 12.3. The van der Waals surface area contributed by atoms with Gasteiger partial charge in [-0.15, -0.1) is 0 Å². The molecule has 2 nitrogen and oxygen atoms in total. The third kappa shape index (κ3) is 2.73. The first kappa shape index (κ1) is 12.9. The third-order valence-corrected chi connectivity index (χ3v) is 4.00. The van der Waals surface area contributed by atoms with Gasteiger partial charge in [-0.05, 0) is 55.1 Å². The van der Waals surface area contributed by atoms with Gasteiger partial charge in [0.25, 0.3) is 0 Å². The fourth-order valence-electron chi connectivity index (χ4n) is 1.97. The number of rotatable bonds is 2. The molecular formula is C17H13NOS. The summed E-state index contributed by atoms with van der Waals surface area (Å²) in [6, 6.07) is 17.4. The van der Waals surface area contributed by atoms with Crippen molar-refractivity contribution in [3.05, 3.63) is 71.9 Å². The smallest absolute Gasteiger partial charge is 0.224 e. The van der Waals surface area contributed by atoms with Crippen LogP contribution in [0.1, 0.15) is 15.9 Å². The number of carbonyl (C=O) groups excluding carboxylic acids is 1. The van der Waals surface area contributed by atoms with Crippen molar-refractivity contribution in [3.8, 4) is 0 Å². The van der Waals surface area contributed by atoms with Gasteiger partial charge in [0.1, 0.15) is 0 Å². The standard InChI is InChI=1S/C17H13NOS/c1-12-4-7-15(8-5-12)20-17(19)14-6-9-16-13(11-14)3-2-10-18-16/h2-11H,1H3. The molecule has 0 amide bonds. The topological polar surface area (TPSA) is 30.0 Å². The van der Waals surface area contributed by atoms with E-state index < -0.39 is 0 Å². The summed E-state index contributed by atoms with van der Waals surface area (Å²) in [7, 11) is 0. The van der Waals surface area contributed by atoms with Crippen LogP contribution < -0.4 is 0 Å². The SMILES string of the molecule is Cc1ccc(SC(=O)c2ccc3ncccc3c2)cc1. The molecule has 3 aromatic rings. The van der Waals surface area contributed by atoms with Gasteiger partial charge in [0, 0.05) is 22.0 Å². The highest BCUT2D eigenvalue weighted by Gasteiger charge is 2.09. The minimum atomic E-state index is 0.0552. The molecule has 0 aliphatic heterocycles. The summed E-state index contributed by atoms with van der Waals surface area (Å²) >= 11 is 1.25. The van der Waals surface area contributed by atoms with Gasteiger partial charge < -0.3 is 0 Å². The number of pyridine rings is 1. The number of thioether (sulfide) groups is 1. The number of benzene rings is 2. The summed E-state index contributed by atoms with van der Waals surface area (Å²) in [4.78, 5) is 17.5. The van der Waals surface area contributed by atoms with Crippen molar-refractivity contribution in [2.45, 2.75) is 11.8 Å². The Morgan fingerprint density at radius 3 is 2.65 bits per heavy atom. The van der Waals surface area contributed by atoms with Crippen LogP contribution >= 0.6 is 11.8 Å². The molecule has 0 fully saturated rings. The van der Waals surface area contributed by atoms with E-state index in [1.165, 1.54) is 17.3 Å². The minimum absolute atomic E-state index is 0.0552. The van der Waals surface area contributed by atoms with Crippen molar-refractivity contribution in [2.24, 2.45) is 0 Å². The zero-order chi connectivity index (χ0) is 13.9. The van der Waals surface area contributed by atoms with E-state index in [1.807, 2.05) is 61.5 Å². The molecule has 0 aliphatic rings. The fourth-order valence-corrected chi connectivity index (χ4v) is 2.71. The lowest BCUT2D eigenvalue weighted by atomic mass is 10.1. The molecule has 0 N–H and O–H groups in total. The van der Waals surface area contributed by atoms with Crippen molar-refractivity contribution in [1.29, 1.82) is 0 Å². The van der Waals surface area contributed by atoms with Gasteiger partial charge in [-0.3, -0.25) is 9.78 Å². The van der Waals surface area contributed by atoms with Crippen LogP contribution in [0.25, 0.3) is 10.9 Å². The van der Waals surface area contributed by atoms with Crippen molar-refractivity contribution in [3.63, 3.8) is 0 Å². The Kier molecular flexibility index (Phi) is 3.52. The van der Waals surface area contributed by atoms with Crippen LogP contribution in [0.5, 0.6) is 0 Å². The third-order valence-electron chi connectivity index (χ3n) is 3.07. The molecule has 0 aliphatic carbocycles. The molecule has 0 saturated heterocycles. The molecule has 0 spiro atoms. The maximum Gasteiger partial charge on any atom is 0.224 e. The van der Waals surface area contributed by atoms with Crippen molar-refractivity contribution in [2.75, 3.05) is 0 Å². The van der Waals surface area contributed by atoms with Crippen molar-refractivity contribution in [1.82, 2.24) is 4.98 Å². The Morgan fingerprint density at radius 1 is 1.05 bits per heavy atom. The highest BCUT2D eigenvalue weighted by molar-refractivity contribution is 8.14. The van der Waals surface area contributed by atoms with E-state index in [-0.39, 0.29) is 5.12 Å². The second-order valence-corrected chi connectivity index (χ2v) is 5.66. The van der Waals surface area contributed by atoms with E-state index in [9.17, 15) is 4.79 Å². The lowest BCUT2D eigenvalue weighted by Gasteiger charge is -2.03. The highest BCUT2D eigenvalue weighted by Crippen LogP contribution is 2.24. The van der Waals surface area contributed by atoms with Gasteiger partial charge in [-0.2, -0.15) is 0 Å². The van der Waals surface area contributed by atoms with Gasteiger partial charge in [0.2, 0.25) is 5.12 Å². The number of aryl methyl sites for hydroxylation is 1. The second kappa shape index (κ2) is 5.47. The van der Waals surface area contributed by atoms with Crippen LogP contribution in [0.2, 0.25) is 0 Å². The van der Waals surface area contributed by atoms with Gasteiger partial charge in [0.15, 0.2) is 0 Å². The summed E-state index contributed by atoms with van der Waals surface area (Å²) < 4.78 is 0. The maximum atomic E-state index is 12.3. The van der Waals surface area contributed by atoms with Gasteiger partial charge in [-0.1, -0.05) is 23.8 Å². The molecule has 0 atom stereocenters. The van der Waals surface area contributed by atoms with Gasteiger partial charge >= 0.3 is 0 Å². The molecule has 0 saturated carbocycles. The predicted molar refractivity (Wildman–Crippen MR) is 83.1 cm³/mol. The average molecular weight is 279 g/mol. The lowest BCUT2D eigenvalue weighted by molar-refractivity contribution is 0.108. The van der Waals surface area contributed by atoms with E-state index >= 15 is 0 Å². The van der Waals surface area contributed by atoms with E-state index in [1.54, 1.807) is 6.20 Å². The van der Waals surface area contributed by atoms with Gasteiger partial charge in [0.05, 0.1) is 5.52 Å². The molecule has 1 aromatic heterocycles. The average Bonchev–Trinajstić information content (AvgIpc) is 2.49. The normalized spacial score (nSPS) is 10.7. The predicted octanol–water partition coefficient (Wildman–Crippen LogP) is 4.48. The second-order valence-electron chi connectivity index (χ2n) is 4.61. The summed E-state index contributed by atoms with van der Waals surface area (Å²) in [6.45, 7) is 2.03. The first-order chi connectivity index (χ1) is 9.72. The molecule has 98 valence electrons. The van der Waals surface area contributed by atoms with Crippen LogP contribution in [0.4, 0.5) is 0 Å². The molecule has 20 heavy (non-hydrogen) atoms. The largest absolute Gasteiger partial charge is 0.281 e. The highest BCUT2D eigenvalue weighted by atomic mass is 32.2. The molecule has 3 rings (SSSR count). The van der Waals surface area contributed by atoms with Crippen molar-refractivity contribution >= 4 is 27.8 Å². The van der Waals surface area contributed by atoms with E-state index in [4.69, 9.17) is 0 Å². The number of aromatic nitrogens is 1. The van der Waals surface area contributed by atoms with Gasteiger partial charge in [-0.25, -0.2) is 0 Å². The number of nitrogens with zero attached hydrogens (tertiary/aromatic N) is 1. The van der Waals surface area contributed by atoms with Crippen LogP contribution in [0.15, 0.2) is 65.7 Å². The lowest BCUT2D eigenvalue weighted by Crippen LogP contribution is -1.93. The zero-order valence-corrected chi connectivity index (χ0v) is 11.9. The van der Waals surface area contributed by atoms with Crippen LogP contribution in [-0.2, 0) is 0 Å². The Bertz CT molecular complexity index is 765. The fraction of sp³-hybridized carbons (Fsp3) is 0.0588. The summed E-state index contributed by atoms with van der Waals surface area (Å²) in [6.07, 6.45) is 1.75. The minimum Gasteiger partial charge on any atom is -0.281 e. The Hall–Kier alpha value is -2.13. The molecule has 0 unspecified atom stereocenters. The Balaban J connectivity index is 1.86. The van der Waals surface area contributed by atoms with Crippen LogP contribution in [-0.4, -0.2) is 10.1 Å². The Morgan fingerprint density at radius 2 is 1.85 bits per heavy atom. The molecule has 2 aromatic carbocycles. The number of fused-ring (bicyclic) bond motifs is 1. The number of hydrogen-bond donors (Lipinski definition) is 0. The molecule has 0 radical (unpaired) electrons. The molecule has 0 bridgehead atoms. The molecule has 1 heterocycles. The molecular weight excluding hydrogens is 266 g/mol. The summed E-state index contributed by atoms with van der Waals surface area (Å²) in [5.41, 5.74) is 2.80. The first-order valence-electron chi connectivity index (χ1n) is 6.36. The monoisotopic (exact) mass is 279 g/mol. The van der Waals surface area contributed by atoms with E-state index in [0.29, 0.717) is 5.56 Å². The summed E-state index contributed by atoms with van der Waals surface area (Å²) in [5, 5.41) is 1.04. The Labute approximate surface area is 121 Å². The number of carbonyl (C=O) groups is 1. The van der Waals surface area contributed by atoms with Crippen molar-refractivity contribution < 1.29 is 4.79 Å². The zero-order valence-electron chi connectivity index (χ0n) is 11.0. The summed E-state index contributed by atoms with van der Waals surface area (Å²) in [5.74, 6) is 0. The van der Waals surface area contributed by atoms with Crippen LogP contribution in [0, 0.1) is 6.92 Å². The quantitative estimate of drug-likeness (QED) is 0.648.